The lowest BCUT2D eigenvalue weighted by atomic mass is 9.85. The summed E-state index contributed by atoms with van der Waals surface area (Å²) in [6, 6.07) is 82.8. The molecule has 2 unspecified atom stereocenters. The van der Waals surface area contributed by atoms with Crippen molar-refractivity contribution < 1.29 is 0 Å². The second-order valence-electron chi connectivity index (χ2n) is 16.1. The van der Waals surface area contributed by atoms with Gasteiger partial charge < -0.3 is 0 Å². The van der Waals surface area contributed by atoms with Crippen LogP contribution in [0.15, 0.2) is 218 Å². The van der Waals surface area contributed by atoms with Crippen molar-refractivity contribution in [2.45, 2.75) is 0 Å². The van der Waals surface area contributed by atoms with Gasteiger partial charge in [0.05, 0.1) is 0 Å². The van der Waals surface area contributed by atoms with E-state index >= 15 is 0 Å². The predicted molar refractivity (Wildman–Crippen MR) is 265 cm³/mol. The predicted octanol–water partition coefficient (Wildman–Crippen LogP) is 18.2. The highest BCUT2D eigenvalue weighted by Gasteiger charge is 2.24. The van der Waals surface area contributed by atoms with E-state index in [1.54, 1.807) is 0 Å². The van der Waals surface area contributed by atoms with Crippen molar-refractivity contribution in [3.8, 4) is 32.9 Å². The van der Waals surface area contributed by atoms with Crippen molar-refractivity contribution >= 4 is 100 Å². The summed E-state index contributed by atoms with van der Waals surface area (Å²) in [5.74, 6) is 0. The van der Waals surface area contributed by atoms with E-state index < -0.39 is 15.1 Å². The first kappa shape index (κ1) is 34.0. The highest BCUT2D eigenvalue weighted by molar-refractivity contribution is 7.68. The SMILES string of the molecule is c1ccc(-c2c3cc4c5cc6ccccc6cc5p(-c5ccccc5)c4cc3c(-c3ccccc3)c3cc4c5cc6ccccc6cc5p(-c5ccccc5)c4cc23)cc1. The van der Waals surface area contributed by atoms with Crippen LogP contribution in [0.4, 0.5) is 0 Å². The maximum Gasteiger partial charge on any atom is 0.00749 e. The lowest BCUT2D eigenvalue weighted by molar-refractivity contribution is 1.67. The molecule has 2 heteroatoms. The molecule has 2 aromatic heterocycles. The molecule has 13 rings (SSSR count). The molecule has 0 radical (unpaired) electrons. The van der Waals surface area contributed by atoms with Gasteiger partial charge in [0.25, 0.3) is 0 Å². The molecular weight excluding hydrogens is 759 g/mol. The topological polar surface area (TPSA) is 0 Å². The third-order valence-corrected chi connectivity index (χ3v) is 17.8. The number of rotatable bonds is 4. The molecule has 2 heterocycles. The summed E-state index contributed by atoms with van der Waals surface area (Å²) in [6.07, 6.45) is 0. The van der Waals surface area contributed by atoms with Gasteiger partial charge in [-0.3, -0.25) is 0 Å². The highest BCUT2D eigenvalue weighted by atomic mass is 31.1. The second kappa shape index (κ2) is 13.3. The Morgan fingerprint density at radius 3 is 0.883 bits per heavy atom. The average molecular weight is 795 g/mol. The van der Waals surface area contributed by atoms with Gasteiger partial charge in [0, 0.05) is 20.5 Å². The van der Waals surface area contributed by atoms with Crippen LogP contribution in [0.25, 0.3) is 118 Å². The smallest absolute Gasteiger partial charge is 0.00749 e. The van der Waals surface area contributed by atoms with E-state index in [9.17, 15) is 0 Å². The zero-order valence-electron chi connectivity index (χ0n) is 32.7. The van der Waals surface area contributed by atoms with Crippen LogP contribution < -0.4 is 0 Å². The van der Waals surface area contributed by atoms with E-state index in [1.807, 2.05) is 0 Å². The minimum Gasteiger partial charge on any atom is -0.0772 e. The Labute approximate surface area is 349 Å². The van der Waals surface area contributed by atoms with Crippen LogP contribution >= 0.6 is 15.1 Å². The van der Waals surface area contributed by atoms with Crippen molar-refractivity contribution in [1.29, 1.82) is 0 Å². The monoisotopic (exact) mass is 794 g/mol. The summed E-state index contributed by atoms with van der Waals surface area (Å²) in [4.78, 5) is 0. The first-order valence-electron chi connectivity index (χ1n) is 20.8. The standard InChI is InChI=1S/C58H36P2/c1-5-17-37(18-6-1)57-49-33-47-45-29-39-21-13-15-23-41(39)31-53(45)60(44-27-11-4-12-28-44)56(47)36-52(49)58(38-19-7-2-8-20-38)50-34-48-46-30-40-22-14-16-24-42(40)32-54(46)59(55(48)35-51(50)57)43-25-9-3-10-26-43/h1-36H. The van der Waals surface area contributed by atoms with Gasteiger partial charge in [-0.1, -0.05) is 185 Å². The summed E-state index contributed by atoms with van der Waals surface area (Å²) in [5, 5.41) is 24.4. The van der Waals surface area contributed by atoms with Crippen molar-refractivity contribution in [2.24, 2.45) is 0 Å². The van der Waals surface area contributed by atoms with Crippen molar-refractivity contribution in [2.75, 3.05) is 0 Å². The Morgan fingerprint density at radius 1 is 0.217 bits per heavy atom. The molecule has 0 amide bonds. The fourth-order valence-electron chi connectivity index (χ4n) is 10.2. The molecule has 0 saturated carbocycles. The Morgan fingerprint density at radius 2 is 0.500 bits per heavy atom. The number of benzene rings is 11. The van der Waals surface area contributed by atoms with E-state index in [0.29, 0.717) is 0 Å². The molecular formula is C58H36P2. The Balaban J connectivity index is 1.28. The van der Waals surface area contributed by atoms with Gasteiger partial charge in [-0.25, -0.2) is 0 Å². The number of fused-ring (bicyclic) bond motifs is 10. The molecule has 0 aliphatic carbocycles. The third kappa shape index (κ3) is 5.06. The van der Waals surface area contributed by atoms with Crippen molar-refractivity contribution in [1.82, 2.24) is 0 Å². The largest absolute Gasteiger partial charge is 0.0772 e. The molecule has 60 heavy (non-hydrogen) atoms. The Bertz CT molecular complexity index is 3580. The molecule has 0 aliphatic heterocycles. The molecule has 0 bridgehead atoms. The molecule has 0 fully saturated rings. The zero-order valence-corrected chi connectivity index (χ0v) is 34.5. The summed E-state index contributed by atoms with van der Waals surface area (Å²) in [7, 11) is -1.58. The summed E-state index contributed by atoms with van der Waals surface area (Å²) >= 11 is 0. The number of hydrogen-bond acceptors (Lipinski definition) is 0. The maximum atomic E-state index is 2.60. The van der Waals surface area contributed by atoms with Crippen LogP contribution in [-0.2, 0) is 0 Å². The highest BCUT2D eigenvalue weighted by Crippen LogP contribution is 2.60. The van der Waals surface area contributed by atoms with Crippen molar-refractivity contribution in [3.63, 3.8) is 0 Å². The van der Waals surface area contributed by atoms with Crippen LogP contribution in [0.3, 0.4) is 0 Å². The summed E-state index contributed by atoms with van der Waals surface area (Å²) in [5.41, 5.74) is 5.13. The molecule has 0 saturated heterocycles. The van der Waals surface area contributed by atoms with E-state index in [1.165, 1.54) is 118 Å². The molecule has 0 spiro atoms. The van der Waals surface area contributed by atoms with Gasteiger partial charge in [-0.15, -0.1) is 0 Å². The van der Waals surface area contributed by atoms with Gasteiger partial charge in [-0.05, 0) is 146 Å². The van der Waals surface area contributed by atoms with Crippen LogP contribution in [0.1, 0.15) is 0 Å². The third-order valence-electron chi connectivity index (χ3n) is 12.8. The summed E-state index contributed by atoms with van der Waals surface area (Å²) in [6.45, 7) is 0. The molecule has 2 atom stereocenters. The number of hydrogen-bond donors (Lipinski definition) is 0. The molecule has 0 aliphatic rings. The van der Waals surface area contributed by atoms with Gasteiger partial charge in [0.2, 0.25) is 0 Å². The minimum atomic E-state index is -0.792. The fourth-order valence-corrected chi connectivity index (χ4v) is 15.5. The first-order valence-corrected chi connectivity index (χ1v) is 23.4. The van der Waals surface area contributed by atoms with Gasteiger partial charge in [-0.2, -0.15) is 0 Å². The maximum absolute atomic E-state index is 2.60. The molecule has 278 valence electrons. The van der Waals surface area contributed by atoms with Crippen LogP contribution in [0.5, 0.6) is 0 Å². The average Bonchev–Trinajstić information content (AvgIpc) is 3.79. The van der Waals surface area contributed by atoms with Crippen LogP contribution in [0, 0.1) is 0 Å². The van der Waals surface area contributed by atoms with Gasteiger partial charge in [0.15, 0.2) is 0 Å². The fraction of sp³-hybridized carbons (Fsp3) is 0. The van der Waals surface area contributed by atoms with E-state index in [4.69, 9.17) is 0 Å². The normalized spacial score (nSPS) is 12.6. The zero-order chi connectivity index (χ0) is 39.3. The second-order valence-corrected chi connectivity index (χ2v) is 20.4. The van der Waals surface area contributed by atoms with Crippen LogP contribution in [-0.4, -0.2) is 0 Å². The lowest BCUT2D eigenvalue weighted by Gasteiger charge is -2.19. The lowest BCUT2D eigenvalue weighted by Crippen LogP contribution is -1.91. The van der Waals surface area contributed by atoms with Crippen molar-refractivity contribution in [3.05, 3.63) is 218 Å². The Hall–Kier alpha value is -6.94. The van der Waals surface area contributed by atoms with E-state index in [2.05, 4.69) is 218 Å². The minimum absolute atomic E-state index is 0.792. The molecule has 0 N–H and O–H groups in total. The van der Waals surface area contributed by atoms with Gasteiger partial charge >= 0.3 is 0 Å². The molecule has 0 nitrogen and oxygen atoms in total. The van der Waals surface area contributed by atoms with Crippen LogP contribution in [0.2, 0.25) is 0 Å². The Kier molecular flexibility index (Phi) is 7.52. The van der Waals surface area contributed by atoms with E-state index in [0.717, 1.165) is 0 Å². The quantitative estimate of drug-likeness (QED) is 0.156. The first-order chi connectivity index (χ1) is 29.8. The molecule has 11 aromatic carbocycles. The molecule has 13 aromatic rings. The summed E-state index contributed by atoms with van der Waals surface area (Å²) < 4.78 is 0. The van der Waals surface area contributed by atoms with Gasteiger partial charge in [0.1, 0.15) is 0 Å². The van der Waals surface area contributed by atoms with E-state index in [-0.39, 0.29) is 0 Å².